The molecule has 23 heavy (non-hydrogen) atoms. The van der Waals surface area contributed by atoms with Crippen LogP contribution in [0, 0.1) is 6.92 Å². The van der Waals surface area contributed by atoms with Crippen molar-refractivity contribution in [1.82, 2.24) is 24.5 Å². The van der Waals surface area contributed by atoms with Crippen molar-refractivity contribution in [3.05, 3.63) is 53.2 Å². The first-order valence-corrected chi connectivity index (χ1v) is 8.47. The summed E-state index contributed by atoms with van der Waals surface area (Å²) in [5.74, 6) is 0. The number of pyridine rings is 1. The van der Waals surface area contributed by atoms with Crippen LogP contribution in [0.25, 0.3) is 5.65 Å². The van der Waals surface area contributed by atoms with Gasteiger partial charge in [-0.05, 0) is 50.8 Å². The summed E-state index contributed by atoms with van der Waals surface area (Å²) in [5.41, 5.74) is 6.25. The summed E-state index contributed by atoms with van der Waals surface area (Å²) in [5, 5.41) is 8.24. The molecule has 5 heteroatoms. The molecule has 1 aliphatic carbocycles. The van der Waals surface area contributed by atoms with E-state index in [9.17, 15) is 0 Å². The van der Waals surface area contributed by atoms with E-state index in [-0.39, 0.29) is 0 Å². The van der Waals surface area contributed by atoms with E-state index in [4.69, 9.17) is 0 Å². The highest BCUT2D eigenvalue weighted by Gasteiger charge is 2.23. The summed E-state index contributed by atoms with van der Waals surface area (Å²) in [4.78, 5) is 4.51. The summed E-state index contributed by atoms with van der Waals surface area (Å²) in [6.45, 7) is 6.03. The van der Waals surface area contributed by atoms with Crippen molar-refractivity contribution in [3.63, 3.8) is 0 Å². The highest BCUT2D eigenvalue weighted by molar-refractivity contribution is 5.43. The van der Waals surface area contributed by atoms with Crippen molar-refractivity contribution in [3.8, 4) is 0 Å². The van der Waals surface area contributed by atoms with E-state index in [0.29, 0.717) is 6.04 Å². The fourth-order valence-corrected chi connectivity index (χ4v) is 3.60. The lowest BCUT2D eigenvalue weighted by atomic mass is 9.93. The first kappa shape index (κ1) is 14.5. The number of imidazole rings is 1. The molecule has 0 unspecified atom stereocenters. The smallest absolute Gasteiger partial charge is 0.137 e. The normalized spacial score (nSPS) is 17.6. The quantitative estimate of drug-likeness (QED) is 0.806. The second-order valence-electron chi connectivity index (χ2n) is 6.37. The van der Waals surface area contributed by atoms with Gasteiger partial charge in [-0.25, -0.2) is 4.98 Å². The van der Waals surface area contributed by atoms with E-state index in [1.165, 1.54) is 35.4 Å². The van der Waals surface area contributed by atoms with Crippen LogP contribution in [0.2, 0.25) is 0 Å². The number of aryl methyl sites for hydroxylation is 2. The largest absolute Gasteiger partial charge is 0.304 e. The number of nitrogens with zero attached hydrogens (tertiary/aromatic N) is 4. The molecule has 3 heterocycles. The van der Waals surface area contributed by atoms with Crippen LogP contribution in [-0.4, -0.2) is 19.2 Å². The number of fused-ring (bicyclic) bond motifs is 2. The van der Waals surface area contributed by atoms with Crippen molar-refractivity contribution in [1.29, 1.82) is 0 Å². The van der Waals surface area contributed by atoms with Crippen molar-refractivity contribution >= 4 is 5.65 Å². The third kappa shape index (κ3) is 2.55. The molecule has 3 aromatic heterocycles. The van der Waals surface area contributed by atoms with E-state index in [0.717, 1.165) is 25.2 Å². The van der Waals surface area contributed by atoms with Gasteiger partial charge in [-0.2, -0.15) is 5.10 Å². The average Bonchev–Trinajstić information content (AvgIpc) is 3.16. The van der Waals surface area contributed by atoms with Gasteiger partial charge >= 0.3 is 0 Å². The van der Waals surface area contributed by atoms with Crippen molar-refractivity contribution in [2.75, 3.05) is 0 Å². The zero-order valence-electron chi connectivity index (χ0n) is 13.8. The Labute approximate surface area is 136 Å². The summed E-state index contributed by atoms with van der Waals surface area (Å²) >= 11 is 0. The van der Waals surface area contributed by atoms with Crippen LogP contribution >= 0.6 is 0 Å². The summed E-state index contributed by atoms with van der Waals surface area (Å²) < 4.78 is 4.30. The number of hydrogen-bond acceptors (Lipinski definition) is 3. The average molecular weight is 309 g/mol. The predicted molar refractivity (Wildman–Crippen MR) is 90.3 cm³/mol. The molecule has 0 spiro atoms. The number of aromatic nitrogens is 4. The Morgan fingerprint density at radius 2 is 2.26 bits per heavy atom. The highest BCUT2D eigenvalue weighted by atomic mass is 15.3. The Morgan fingerprint density at radius 1 is 1.35 bits per heavy atom. The number of hydrogen-bond donors (Lipinski definition) is 1. The topological polar surface area (TPSA) is 47.2 Å². The van der Waals surface area contributed by atoms with Crippen molar-refractivity contribution in [2.24, 2.45) is 0 Å². The van der Waals surface area contributed by atoms with Crippen molar-refractivity contribution < 1.29 is 0 Å². The first-order valence-electron chi connectivity index (χ1n) is 8.47. The Bertz CT molecular complexity index is 829. The fourth-order valence-electron chi connectivity index (χ4n) is 3.60. The van der Waals surface area contributed by atoms with E-state index < -0.39 is 0 Å². The van der Waals surface area contributed by atoms with Crippen LogP contribution in [0.15, 0.2) is 30.7 Å². The molecule has 0 fully saturated rings. The molecule has 0 aliphatic heterocycles. The number of nitrogens with one attached hydrogen (secondary N) is 1. The highest BCUT2D eigenvalue weighted by Crippen LogP contribution is 2.29. The van der Waals surface area contributed by atoms with Crippen molar-refractivity contribution in [2.45, 2.75) is 52.2 Å². The molecule has 1 N–H and O–H groups in total. The Morgan fingerprint density at radius 3 is 3.13 bits per heavy atom. The molecule has 4 rings (SSSR count). The molecule has 5 nitrogen and oxygen atoms in total. The molecular weight excluding hydrogens is 286 g/mol. The summed E-state index contributed by atoms with van der Waals surface area (Å²) in [6, 6.07) is 4.64. The lowest BCUT2D eigenvalue weighted by molar-refractivity contribution is 0.445. The van der Waals surface area contributed by atoms with E-state index >= 15 is 0 Å². The molecular formula is C18H23N5. The minimum absolute atomic E-state index is 0.398. The monoisotopic (exact) mass is 309 g/mol. The van der Waals surface area contributed by atoms with Gasteiger partial charge in [0.05, 0.1) is 18.1 Å². The van der Waals surface area contributed by atoms with Gasteiger partial charge in [0.1, 0.15) is 5.65 Å². The maximum atomic E-state index is 4.53. The summed E-state index contributed by atoms with van der Waals surface area (Å²) in [6.07, 6.45) is 9.68. The first-order chi connectivity index (χ1) is 11.3. The molecule has 0 aromatic carbocycles. The minimum atomic E-state index is 0.398. The second-order valence-corrected chi connectivity index (χ2v) is 6.37. The molecule has 3 aromatic rings. The van der Waals surface area contributed by atoms with Gasteiger partial charge in [-0.3, -0.25) is 4.68 Å². The van der Waals surface area contributed by atoms with Gasteiger partial charge < -0.3 is 9.72 Å². The number of rotatable bonds is 4. The lowest BCUT2D eigenvalue weighted by Gasteiger charge is -2.24. The molecule has 1 aliphatic rings. The van der Waals surface area contributed by atoms with E-state index in [1.807, 2.05) is 12.4 Å². The van der Waals surface area contributed by atoms with Gasteiger partial charge in [-0.15, -0.1) is 0 Å². The fraction of sp³-hybridized carbons (Fsp3) is 0.444. The SMILES string of the molecule is CCn1ncc2c1CCC[C@@H]2NCc1cnc2cc(C)ccn12. The van der Waals surface area contributed by atoms with Gasteiger partial charge in [0.25, 0.3) is 0 Å². The standard InChI is InChI=1S/C18H23N5/c1-3-23-17-6-4-5-16(15(17)12-21-23)19-10-14-11-20-18-9-13(2)7-8-22(14)18/h7-9,11-12,16,19H,3-6,10H2,1-2H3/t16-/m0/s1. The molecule has 120 valence electrons. The van der Waals surface area contributed by atoms with Crippen LogP contribution < -0.4 is 5.32 Å². The van der Waals surface area contributed by atoms with Crippen LogP contribution in [0.4, 0.5) is 0 Å². The van der Waals surface area contributed by atoms with Crippen LogP contribution in [0.1, 0.15) is 48.3 Å². The van der Waals surface area contributed by atoms with E-state index in [1.54, 1.807) is 0 Å². The van der Waals surface area contributed by atoms with Gasteiger partial charge in [-0.1, -0.05) is 0 Å². The van der Waals surface area contributed by atoms with E-state index in [2.05, 4.69) is 56.7 Å². The van der Waals surface area contributed by atoms with Gasteiger partial charge in [0.15, 0.2) is 0 Å². The van der Waals surface area contributed by atoms with Gasteiger partial charge in [0.2, 0.25) is 0 Å². The van der Waals surface area contributed by atoms with Crippen LogP contribution in [-0.2, 0) is 19.5 Å². The molecule has 0 bridgehead atoms. The summed E-state index contributed by atoms with van der Waals surface area (Å²) in [7, 11) is 0. The Kier molecular flexibility index (Phi) is 3.65. The molecule has 0 saturated heterocycles. The zero-order valence-corrected chi connectivity index (χ0v) is 13.8. The lowest BCUT2D eigenvalue weighted by Crippen LogP contribution is -2.25. The Balaban J connectivity index is 1.54. The van der Waals surface area contributed by atoms with Gasteiger partial charge in [0, 0.05) is 36.6 Å². The molecule has 0 saturated carbocycles. The molecule has 0 amide bonds. The third-order valence-corrected chi connectivity index (χ3v) is 4.84. The molecule has 0 radical (unpaired) electrons. The third-order valence-electron chi connectivity index (χ3n) is 4.84. The predicted octanol–water partition coefficient (Wildman–Crippen LogP) is 3.03. The Hall–Kier alpha value is -2.14. The maximum Gasteiger partial charge on any atom is 0.137 e. The maximum absolute atomic E-state index is 4.53. The zero-order chi connectivity index (χ0) is 15.8. The minimum Gasteiger partial charge on any atom is -0.304 e. The second kappa shape index (κ2) is 5.81. The van der Waals surface area contributed by atoms with Crippen LogP contribution in [0.3, 0.4) is 0 Å². The molecule has 1 atom stereocenters. The van der Waals surface area contributed by atoms with Crippen LogP contribution in [0.5, 0.6) is 0 Å².